The number of nitro groups is 1. The summed E-state index contributed by atoms with van der Waals surface area (Å²) in [7, 11) is 1.97. The van der Waals surface area contributed by atoms with Crippen molar-refractivity contribution in [3.8, 4) is 6.07 Å². The summed E-state index contributed by atoms with van der Waals surface area (Å²) >= 11 is 0. The standard InChI is InChI=1S/C18H19N5O2/c1-21-16(6-7-20-21)13-9-14-3-4-15(10-13)22(14)17-5-2-12(11-19)8-18(17)23(24)25/h2,5-8,13-15H,3-4,9-10H2,1H3. The van der Waals surface area contributed by atoms with E-state index in [-0.39, 0.29) is 10.6 Å². The van der Waals surface area contributed by atoms with Gasteiger partial charge in [-0.25, -0.2) is 0 Å². The second kappa shape index (κ2) is 5.88. The van der Waals surface area contributed by atoms with Crippen molar-refractivity contribution < 1.29 is 4.92 Å². The number of hydrogen-bond acceptors (Lipinski definition) is 5. The highest BCUT2D eigenvalue weighted by molar-refractivity contribution is 5.67. The lowest BCUT2D eigenvalue weighted by molar-refractivity contribution is -0.384. The fraction of sp³-hybridized carbons (Fsp3) is 0.444. The van der Waals surface area contributed by atoms with Crippen LogP contribution in [0.15, 0.2) is 30.5 Å². The van der Waals surface area contributed by atoms with Crippen LogP contribution < -0.4 is 4.90 Å². The molecule has 2 saturated heterocycles. The highest BCUT2D eigenvalue weighted by atomic mass is 16.6. The number of anilines is 1. The van der Waals surface area contributed by atoms with Crippen LogP contribution in [0, 0.1) is 21.4 Å². The van der Waals surface area contributed by atoms with Crippen LogP contribution in [0.5, 0.6) is 0 Å². The number of hydrogen-bond donors (Lipinski definition) is 0. The minimum atomic E-state index is -0.372. The third-order valence-corrected chi connectivity index (χ3v) is 5.59. The molecule has 7 heteroatoms. The van der Waals surface area contributed by atoms with Crippen molar-refractivity contribution in [2.45, 2.75) is 43.7 Å². The maximum absolute atomic E-state index is 11.5. The lowest BCUT2D eigenvalue weighted by atomic mass is 9.87. The number of nitrogens with zero attached hydrogens (tertiary/aromatic N) is 5. The van der Waals surface area contributed by atoms with Gasteiger partial charge in [0.25, 0.3) is 5.69 Å². The van der Waals surface area contributed by atoms with E-state index in [4.69, 9.17) is 5.26 Å². The summed E-state index contributed by atoms with van der Waals surface area (Å²) in [5.74, 6) is 0.443. The van der Waals surface area contributed by atoms with E-state index in [9.17, 15) is 10.1 Å². The number of nitriles is 1. The van der Waals surface area contributed by atoms with E-state index in [2.05, 4.69) is 16.1 Å². The van der Waals surface area contributed by atoms with Crippen LogP contribution in [0.3, 0.4) is 0 Å². The van der Waals surface area contributed by atoms with Crippen LogP contribution >= 0.6 is 0 Å². The van der Waals surface area contributed by atoms with Crippen molar-refractivity contribution in [3.63, 3.8) is 0 Å². The van der Waals surface area contributed by atoms with Gasteiger partial charge in [0.2, 0.25) is 0 Å². The molecule has 4 rings (SSSR count). The van der Waals surface area contributed by atoms with Gasteiger partial charge < -0.3 is 4.90 Å². The molecule has 128 valence electrons. The highest BCUT2D eigenvalue weighted by Crippen LogP contribution is 2.47. The molecule has 2 bridgehead atoms. The molecular formula is C18H19N5O2. The summed E-state index contributed by atoms with van der Waals surface area (Å²) in [6.45, 7) is 0. The van der Waals surface area contributed by atoms with E-state index >= 15 is 0 Å². The Kier molecular flexibility index (Phi) is 3.68. The molecule has 0 amide bonds. The Morgan fingerprint density at radius 2 is 2.00 bits per heavy atom. The number of aromatic nitrogens is 2. The van der Waals surface area contributed by atoms with Crippen molar-refractivity contribution in [2.75, 3.05) is 4.90 Å². The Labute approximate surface area is 145 Å². The van der Waals surface area contributed by atoms with Gasteiger partial charge in [-0.05, 0) is 43.9 Å². The van der Waals surface area contributed by atoms with Gasteiger partial charge in [-0.3, -0.25) is 14.8 Å². The van der Waals surface area contributed by atoms with Gasteiger partial charge in [0.15, 0.2) is 0 Å². The van der Waals surface area contributed by atoms with Crippen LogP contribution in [0.25, 0.3) is 0 Å². The van der Waals surface area contributed by atoms with E-state index in [0.717, 1.165) is 25.7 Å². The van der Waals surface area contributed by atoms with Crippen LogP contribution in [0.4, 0.5) is 11.4 Å². The maximum Gasteiger partial charge on any atom is 0.293 e. The second-order valence-corrected chi connectivity index (χ2v) is 6.91. The first-order chi connectivity index (χ1) is 12.1. The van der Waals surface area contributed by atoms with E-state index in [1.165, 1.54) is 11.8 Å². The van der Waals surface area contributed by atoms with Crippen LogP contribution in [-0.4, -0.2) is 26.8 Å². The predicted molar refractivity (Wildman–Crippen MR) is 92.3 cm³/mol. The molecule has 2 aliphatic heterocycles. The SMILES string of the molecule is Cn1nccc1C1CC2CCC(C1)N2c1ccc(C#N)cc1[N+](=O)[O-]. The minimum absolute atomic E-state index is 0.0370. The molecule has 2 atom stereocenters. The molecule has 25 heavy (non-hydrogen) atoms. The van der Waals surface area contributed by atoms with Gasteiger partial charge in [-0.15, -0.1) is 0 Å². The maximum atomic E-state index is 11.5. The first-order valence-corrected chi connectivity index (χ1v) is 8.53. The predicted octanol–water partition coefficient (Wildman–Crippen LogP) is 3.11. The van der Waals surface area contributed by atoms with E-state index in [1.807, 2.05) is 24.0 Å². The Balaban J connectivity index is 1.67. The molecule has 0 saturated carbocycles. The molecule has 2 unspecified atom stereocenters. The molecule has 2 aromatic rings. The molecule has 0 spiro atoms. The summed E-state index contributed by atoms with van der Waals surface area (Å²) in [6, 6.07) is 9.46. The zero-order valence-corrected chi connectivity index (χ0v) is 14.0. The quantitative estimate of drug-likeness (QED) is 0.634. The number of aryl methyl sites for hydroxylation is 1. The molecule has 1 aromatic carbocycles. The topological polar surface area (TPSA) is 88.0 Å². The molecule has 1 aromatic heterocycles. The average Bonchev–Trinajstić information content (AvgIpc) is 3.14. The second-order valence-electron chi connectivity index (χ2n) is 6.91. The number of piperidine rings is 1. The van der Waals surface area contributed by atoms with Gasteiger partial charge in [0.05, 0.1) is 16.6 Å². The van der Waals surface area contributed by atoms with Crippen molar-refractivity contribution in [1.29, 1.82) is 5.26 Å². The van der Waals surface area contributed by atoms with Gasteiger partial charge in [0, 0.05) is 43.0 Å². The smallest absolute Gasteiger partial charge is 0.293 e. The minimum Gasteiger partial charge on any atom is -0.360 e. The lowest BCUT2D eigenvalue weighted by Crippen LogP contribution is -2.43. The van der Waals surface area contributed by atoms with Gasteiger partial charge in [-0.2, -0.15) is 10.4 Å². The van der Waals surface area contributed by atoms with Crippen molar-refractivity contribution in [1.82, 2.24) is 9.78 Å². The van der Waals surface area contributed by atoms with Gasteiger partial charge >= 0.3 is 0 Å². The normalized spacial score (nSPS) is 25.0. The van der Waals surface area contributed by atoms with Crippen molar-refractivity contribution in [2.24, 2.45) is 7.05 Å². The largest absolute Gasteiger partial charge is 0.360 e. The summed E-state index contributed by atoms with van der Waals surface area (Å²) < 4.78 is 1.93. The van der Waals surface area contributed by atoms with Gasteiger partial charge in [0.1, 0.15) is 5.69 Å². The zero-order chi connectivity index (χ0) is 17.6. The Morgan fingerprint density at radius 3 is 2.56 bits per heavy atom. The first-order valence-electron chi connectivity index (χ1n) is 8.53. The third kappa shape index (κ3) is 2.54. The fourth-order valence-electron chi connectivity index (χ4n) is 4.55. The van der Waals surface area contributed by atoms with E-state index in [0.29, 0.717) is 29.3 Å². The monoisotopic (exact) mass is 337 g/mol. The molecule has 0 aliphatic carbocycles. The van der Waals surface area contributed by atoms with Crippen LogP contribution in [-0.2, 0) is 7.05 Å². The Bertz CT molecular complexity index is 855. The van der Waals surface area contributed by atoms with Crippen LogP contribution in [0.2, 0.25) is 0 Å². The lowest BCUT2D eigenvalue weighted by Gasteiger charge is -2.40. The summed E-state index contributed by atoms with van der Waals surface area (Å²) in [5.41, 5.74) is 2.26. The molecule has 7 nitrogen and oxygen atoms in total. The van der Waals surface area contributed by atoms with E-state index < -0.39 is 0 Å². The van der Waals surface area contributed by atoms with E-state index in [1.54, 1.807) is 12.1 Å². The molecule has 0 N–H and O–H groups in total. The molecule has 2 fully saturated rings. The molecule has 0 radical (unpaired) electrons. The summed E-state index contributed by atoms with van der Waals surface area (Å²) in [4.78, 5) is 13.4. The average molecular weight is 337 g/mol. The zero-order valence-electron chi connectivity index (χ0n) is 14.0. The van der Waals surface area contributed by atoms with Crippen molar-refractivity contribution in [3.05, 3.63) is 51.8 Å². The molecular weight excluding hydrogens is 318 g/mol. The first kappa shape index (κ1) is 15.6. The van der Waals surface area contributed by atoms with Gasteiger partial charge in [-0.1, -0.05) is 0 Å². The number of benzene rings is 1. The number of rotatable bonds is 3. The van der Waals surface area contributed by atoms with Crippen LogP contribution in [0.1, 0.15) is 42.9 Å². The summed E-state index contributed by atoms with van der Waals surface area (Å²) in [5, 5.41) is 24.8. The molecule has 3 heterocycles. The number of nitro benzene ring substituents is 1. The highest BCUT2D eigenvalue weighted by Gasteiger charge is 2.43. The Hall–Kier alpha value is -2.88. The molecule has 2 aliphatic rings. The summed E-state index contributed by atoms with van der Waals surface area (Å²) in [6.07, 6.45) is 5.89. The fourth-order valence-corrected chi connectivity index (χ4v) is 4.55. The number of fused-ring (bicyclic) bond motifs is 2. The third-order valence-electron chi connectivity index (χ3n) is 5.59. The Morgan fingerprint density at radius 1 is 1.28 bits per heavy atom. The van der Waals surface area contributed by atoms with Crippen molar-refractivity contribution >= 4 is 11.4 Å².